The molecule has 0 aliphatic carbocycles. The smallest absolute Gasteiger partial charge is 0.308 e. The maximum absolute atomic E-state index is 13.6. The van der Waals surface area contributed by atoms with Gasteiger partial charge in [-0.05, 0) is 25.5 Å². The number of ether oxygens (including phenoxy) is 2. The molecule has 1 unspecified atom stereocenters. The molecule has 6 nitrogen and oxygen atoms in total. The van der Waals surface area contributed by atoms with Gasteiger partial charge in [0.15, 0.2) is 5.60 Å². The van der Waals surface area contributed by atoms with Gasteiger partial charge < -0.3 is 9.47 Å². The lowest BCUT2D eigenvalue weighted by molar-refractivity contribution is -0.142. The number of amides is 1. The van der Waals surface area contributed by atoms with Crippen LogP contribution in [0.2, 0.25) is 0 Å². The highest BCUT2D eigenvalue weighted by Gasteiger charge is 2.52. The fraction of sp³-hybridized carbons (Fsp3) is 0.353. The Hall–Kier alpha value is -2.70. The second-order valence-electron chi connectivity index (χ2n) is 5.85. The van der Waals surface area contributed by atoms with Crippen molar-refractivity contribution in [2.24, 2.45) is 0 Å². The summed E-state index contributed by atoms with van der Waals surface area (Å²) in [4.78, 5) is 37.5. The minimum absolute atomic E-state index is 0.0792. The molecule has 0 radical (unpaired) electrons. The lowest BCUT2D eigenvalue weighted by Crippen LogP contribution is -2.33. The molecule has 24 heavy (non-hydrogen) atoms. The highest BCUT2D eigenvalue weighted by atomic mass is 19.1. The van der Waals surface area contributed by atoms with Gasteiger partial charge >= 0.3 is 5.97 Å². The van der Waals surface area contributed by atoms with E-state index in [0.717, 1.165) is 6.92 Å². The summed E-state index contributed by atoms with van der Waals surface area (Å²) in [7, 11) is 0. The summed E-state index contributed by atoms with van der Waals surface area (Å²) in [5.74, 6) is -2.46. The van der Waals surface area contributed by atoms with Gasteiger partial charge in [-0.2, -0.15) is 0 Å². The molecule has 1 fully saturated rings. The third kappa shape index (κ3) is 2.55. The quantitative estimate of drug-likeness (QED) is 0.791. The van der Waals surface area contributed by atoms with Gasteiger partial charge in [0.2, 0.25) is 17.5 Å². The van der Waals surface area contributed by atoms with Gasteiger partial charge in [0.1, 0.15) is 5.82 Å². The molecule has 2 aliphatic heterocycles. The van der Waals surface area contributed by atoms with E-state index in [9.17, 15) is 18.8 Å². The Morgan fingerprint density at radius 2 is 2.12 bits per heavy atom. The predicted molar refractivity (Wildman–Crippen MR) is 79.6 cm³/mol. The van der Waals surface area contributed by atoms with Crippen LogP contribution in [-0.4, -0.2) is 29.1 Å². The zero-order valence-electron chi connectivity index (χ0n) is 13.3. The van der Waals surface area contributed by atoms with Crippen LogP contribution >= 0.6 is 0 Å². The van der Waals surface area contributed by atoms with Crippen molar-refractivity contribution < 1.29 is 28.2 Å². The number of esters is 1. The number of hydrogen-bond acceptors (Lipinski definition) is 5. The van der Waals surface area contributed by atoms with E-state index in [1.165, 1.54) is 30.0 Å². The van der Waals surface area contributed by atoms with Gasteiger partial charge in [-0.25, -0.2) is 4.39 Å². The molecule has 1 atom stereocenters. The van der Waals surface area contributed by atoms with E-state index in [1.54, 1.807) is 6.07 Å². The highest BCUT2D eigenvalue weighted by Crippen LogP contribution is 2.41. The normalized spacial score (nSPS) is 23.7. The number of rotatable bonds is 3. The summed E-state index contributed by atoms with van der Waals surface area (Å²) in [5, 5.41) is 0. The van der Waals surface area contributed by atoms with Gasteiger partial charge in [-0.1, -0.05) is 12.1 Å². The monoisotopic (exact) mass is 333 g/mol. The molecule has 0 N–H and O–H groups in total. The van der Waals surface area contributed by atoms with Crippen molar-refractivity contribution >= 4 is 17.7 Å². The molecule has 126 valence electrons. The van der Waals surface area contributed by atoms with Crippen molar-refractivity contribution in [2.45, 2.75) is 32.3 Å². The summed E-state index contributed by atoms with van der Waals surface area (Å²) in [6.45, 7) is 2.98. The Labute approximate surface area is 137 Å². The molecule has 1 aromatic rings. The summed E-state index contributed by atoms with van der Waals surface area (Å²) in [6, 6.07) is 5.42. The van der Waals surface area contributed by atoms with Gasteiger partial charge in [-0.15, -0.1) is 0 Å². The summed E-state index contributed by atoms with van der Waals surface area (Å²) in [5.41, 5.74) is -1.29. The third-order valence-electron chi connectivity index (χ3n) is 4.07. The molecule has 0 spiro atoms. The molecular weight excluding hydrogens is 317 g/mol. The Kier molecular flexibility index (Phi) is 3.87. The van der Waals surface area contributed by atoms with Crippen molar-refractivity contribution in [3.63, 3.8) is 0 Å². The van der Waals surface area contributed by atoms with E-state index in [-0.39, 0.29) is 23.1 Å². The fourth-order valence-corrected chi connectivity index (χ4v) is 2.85. The second kappa shape index (κ2) is 5.74. The molecule has 0 saturated carbocycles. The number of halogens is 1. The number of hydrogen-bond donors (Lipinski definition) is 0. The number of likely N-dealkylation sites (tertiary alicyclic amines) is 1. The molecule has 3 rings (SSSR count). The van der Waals surface area contributed by atoms with Gasteiger partial charge in [0.05, 0.1) is 0 Å². The first-order valence-electron chi connectivity index (χ1n) is 7.56. The Morgan fingerprint density at radius 1 is 1.38 bits per heavy atom. The van der Waals surface area contributed by atoms with Crippen LogP contribution in [0.1, 0.15) is 32.3 Å². The number of carbonyl (C=O) groups is 3. The van der Waals surface area contributed by atoms with Crippen LogP contribution in [0.4, 0.5) is 4.39 Å². The first kappa shape index (κ1) is 16.2. The Morgan fingerprint density at radius 3 is 2.71 bits per heavy atom. The third-order valence-corrected chi connectivity index (χ3v) is 4.07. The van der Waals surface area contributed by atoms with Crippen LogP contribution in [-0.2, 0) is 29.5 Å². The number of ketones is 1. The lowest BCUT2D eigenvalue weighted by Gasteiger charge is -2.25. The number of benzene rings is 1. The van der Waals surface area contributed by atoms with Crippen molar-refractivity contribution in [3.8, 4) is 0 Å². The van der Waals surface area contributed by atoms with E-state index in [4.69, 9.17) is 9.47 Å². The van der Waals surface area contributed by atoms with Crippen LogP contribution in [0.3, 0.4) is 0 Å². The Balaban J connectivity index is 2.05. The van der Waals surface area contributed by atoms with Crippen LogP contribution in [0.5, 0.6) is 0 Å². The van der Waals surface area contributed by atoms with Gasteiger partial charge in [0, 0.05) is 25.5 Å². The molecule has 0 aromatic heterocycles. The highest BCUT2D eigenvalue weighted by molar-refractivity contribution is 6.04. The summed E-state index contributed by atoms with van der Waals surface area (Å²) >= 11 is 0. The summed E-state index contributed by atoms with van der Waals surface area (Å²) < 4.78 is 24.3. The zero-order valence-corrected chi connectivity index (χ0v) is 13.3. The second-order valence-corrected chi connectivity index (χ2v) is 5.85. The Bertz CT molecular complexity index is 772. The van der Waals surface area contributed by atoms with Crippen LogP contribution in [0.25, 0.3) is 0 Å². The number of Topliss-reactive ketones (excluding diaryl/α,β-unsaturated/α-hetero) is 1. The SMILES string of the molecule is CC(=O)OC1=C(N2CCCC2=O)OC(C)(c2cccc(F)c2)C1=O. The van der Waals surface area contributed by atoms with E-state index >= 15 is 0 Å². The minimum atomic E-state index is -1.56. The largest absolute Gasteiger partial charge is 0.456 e. The number of carbonyl (C=O) groups excluding carboxylic acids is 3. The summed E-state index contributed by atoms with van der Waals surface area (Å²) in [6.07, 6.45) is 0.939. The molecule has 7 heteroatoms. The fourth-order valence-electron chi connectivity index (χ4n) is 2.85. The van der Waals surface area contributed by atoms with E-state index in [1.807, 2.05) is 0 Å². The van der Waals surface area contributed by atoms with Crippen LogP contribution in [0, 0.1) is 5.82 Å². The average Bonchev–Trinajstić information content (AvgIpc) is 3.04. The molecule has 1 aromatic carbocycles. The zero-order chi connectivity index (χ0) is 17.5. The van der Waals surface area contributed by atoms with Crippen LogP contribution < -0.4 is 0 Å². The lowest BCUT2D eigenvalue weighted by atomic mass is 9.91. The van der Waals surface area contributed by atoms with Gasteiger partial charge in [-0.3, -0.25) is 19.3 Å². The molecule has 1 amide bonds. The molecular formula is C17H16FNO5. The van der Waals surface area contributed by atoms with Crippen molar-refractivity contribution in [1.82, 2.24) is 4.90 Å². The maximum Gasteiger partial charge on any atom is 0.308 e. The first-order chi connectivity index (χ1) is 11.3. The van der Waals surface area contributed by atoms with E-state index in [0.29, 0.717) is 19.4 Å². The van der Waals surface area contributed by atoms with Crippen molar-refractivity contribution in [1.29, 1.82) is 0 Å². The molecule has 2 aliphatic rings. The minimum Gasteiger partial charge on any atom is -0.456 e. The van der Waals surface area contributed by atoms with Gasteiger partial charge in [0.25, 0.3) is 5.78 Å². The molecule has 1 saturated heterocycles. The first-order valence-corrected chi connectivity index (χ1v) is 7.56. The standard InChI is InChI=1S/C17H16FNO5/c1-10(20)23-14-15(22)17(2,11-5-3-6-12(18)9-11)24-16(14)19-8-4-7-13(19)21/h3,5-6,9H,4,7-8H2,1-2H3. The predicted octanol–water partition coefficient (Wildman–Crippen LogP) is 1.99. The van der Waals surface area contributed by atoms with E-state index < -0.39 is 23.2 Å². The van der Waals surface area contributed by atoms with E-state index in [2.05, 4.69) is 0 Å². The molecule has 2 heterocycles. The molecule has 0 bridgehead atoms. The topological polar surface area (TPSA) is 72.9 Å². The average molecular weight is 333 g/mol. The van der Waals surface area contributed by atoms with Crippen molar-refractivity contribution in [3.05, 3.63) is 47.3 Å². The maximum atomic E-state index is 13.6. The number of nitrogens with zero attached hydrogens (tertiary/aromatic N) is 1. The van der Waals surface area contributed by atoms with Crippen molar-refractivity contribution in [2.75, 3.05) is 6.54 Å². The van der Waals surface area contributed by atoms with Crippen LogP contribution in [0.15, 0.2) is 35.9 Å².